The van der Waals surface area contributed by atoms with Gasteiger partial charge in [-0.2, -0.15) is 0 Å². The summed E-state index contributed by atoms with van der Waals surface area (Å²) >= 11 is 1.74. The highest BCUT2D eigenvalue weighted by molar-refractivity contribution is 7.09. The summed E-state index contributed by atoms with van der Waals surface area (Å²) in [4.78, 5) is 4.70. The molecule has 0 amide bonds. The number of hydrogen-bond donors (Lipinski definition) is 0. The van der Waals surface area contributed by atoms with Crippen molar-refractivity contribution in [3.63, 3.8) is 0 Å². The molecule has 3 nitrogen and oxygen atoms in total. The molecule has 0 radical (unpaired) electrons. The topological polar surface area (TPSA) is 27.1 Å². The summed E-state index contributed by atoms with van der Waals surface area (Å²) in [5.74, 6) is 1.41. The number of ether oxygens (including phenoxy) is 1. The molecule has 0 aliphatic rings. The van der Waals surface area contributed by atoms with Crippen molar-refractivity contribution < 1.29 is 4.74 Å². The van der Waals surface area contributed by atoms with Crippen LogP contribution in [0.15, 0.2) is 35.8 Å². The molecule has 0 spiro atoms. The van der Waals surface area contributed by atoms with Crippen LogP contribution in [0.5, 0.6) is 5.75 Å². The quantitative estimate of drug-likeness (QED) is 0.716. The van der Waals surface area contributed by atoms with Crippen LogP contribution in [0.1, 0.15) is 30.5 Å². The summed E-state index contributed by atoms with van der Waals surface area (Å²) in [5, 5.41) is 4.50. The van der Waals surface area contributed by atoms with Gasteiger partial charge in [0, 0.05) is 22.9 Å². The number of fused-ring (bicyclic) bond motifs is 1. The van der Waals surface area contributed by atoms with Crippen LogP contribution in [0.4, 0.5) is 0 Å². The Morgan fingerprint density at radius 2 is 2.15 bits per heavy atom. The second kappa shape index (κ2) is 5.29. The molecular formula is C16H18N2OS. The molecule has 0 unspecified atom stereocenters. The SMILES string of the molecule is COc1cccc2c1ccn2Cc1csc(C(C)C)n1. The van der Waals surface area contributed by atoms with E-state index < -0.39 is 0 Å². The van der Waals surface area contributed by atoms with Gasteiger partial charge in [0.15, 0.2) is 0 Å². The van der Waals surface area contributed by atoms with Crippen LogP contribution < -0.4 is 4.74 Å². The van der Waals surface area contributed by atoms with E-state index >= 15 is 0 Å². The van der Waals surface area contributed by atoms with E-state index in [0.717, 1.165) is 23.4 Å². The van der Waals surface area contributed by atoms with Crippen molar-refractivity contribution in [3.8, 4) is 5.75 Å². The largest absolute Gasteiger partial charge is 0.496 e. The fraction of sp³-hybridized carbons (Fsp3) is 0.312. The van der Waals surface area contributed by atoms with Crippen molar-refractivity contribution in [1.82, 2.24) is 9.55 Å². The Morgan fingerprint density at radius 3 is 2.85 bits per heavy atom. The third-order valence-corrected chi connectivity index (χ3v) is 4.58. The average Bonchev–Trinajstić information content (AvgIpc) is 3.06. The van der Waals surface area contributed by atoms with Crippen molar-refractivity contribution in [2.75, 3.05) is 7.11 Å². The van der Waals surface area contributed by atoms with Crippen LogP contribution in [0.2, 0.25) is 0 Å². The van der Waals surface area contributed by atoms with E-state index in [2.05, 4.69) is 42.1 Å². The smallest absolute Gasteiger partial charge is 0.128 e. The van der Waals surface area contributed by atoms with Gasteiger partial charge in [-0.3, -0.25) is 0 Å². The van der Waals surface area contributed by atoms with E-state index in [4.69, 9.17) is 9.72 Å². The van der Waals surface area contributed by atoms with Crippen molar-refractivity contribution in [2.45, 2.75) is 26.3 Å². The average molecular weight is 286 g/mol. The summed E-state index contributed by atoms with van der Waals surface area (Å²) < 4.78 is 7.62. The molecule has 0 saturated carbocycles. The van der Waals surface area contributed by atoms with Crippen molar-refractivity contribution in [2.24, 2.45) is 0 Å². The minimum atomic E-state index is 0.496. The number of aromatic nitrogens is 2. The zero-order valence-corrected chi connectivity index (χ0v) is 12.8. The molecule has 3 rings (SSSR count). The normalized spacial score (nSPS) is 11.4. The summed E-state index contributed by atoms with van der Waals surface area (Å²) in [6, 6.07) is 8.24. The second-order valence-corrected chi connectivity index (χ2v) is 6.06. The van der Waals surface area contributed by atoms with E-state index in [-0.39, 0.29) is 0 Å². The van der Waals surface area contributed by atoms with Crippen LogP contribution in [0, 0.1) is 0 Å². The molecule has 2 heterocycles. The maximum Gasteiger partial charge on any atom is 0.128 e. The van der Waals surface area contributed by atoms with Gasteiger partial charge in [-0.1, -0.05) is 19.9 Å². The molecule has 0 atom stereocenters. The first kappa shape index (κ1) is 13.2. The first-order valence-corrected chi connectivity index (χ1v) is 7.63. The van der Waals surface area contributed by atoms with E-state index in [1.165, 1.54) is 10.5 Å². The fourth-order valence-corrected chi connectivity index (χ4v) is 3.17. The highest BCUT2D eigenvalue weighted by atomic mass is 32.1. The molecule has 0 fully saturated rings. The maximum atomic E-state index is 5.40. The predicted molar refractivity (Wildman–Crippen MR) is 83.8 cm³/mol. The Hall–Kier alpha value is -1.81. The van der Waals surface area contributed by atoms with Gasteiger partial charge in [-0.25, -0.2) is 4.98 Å². The third kappa shape index (κ3) is 2.31. The summed E-state index contributed by atoms with van der Waals surface area (Å²) in [6.45, 7) is 5.16. The summed E-state index contributed by atoms with van der Waals surface area (Å²) in [7, 11) is 1.71. The molecular weight excluding hydrogens is 268 g/mol. The Morgan fingerprint density at radius 1 is 1.30 bits per heavy atom. The van der Waals surface area contributed by atoms with Gasteiger partial charge in [-0.05, 0) is 18.2 Å². The monoisotopic (exact) mass is 286 g/mol. The molecule has 0 aliphatic heterocycles. The molecule has 0 bridgehead atoms. The first-order chi connectivity index (χ1) is 9.69. The van der Waals surface area contributed by atoms with E-state index in [1.54, 1.807) is 18.4 Å². The second-order valence-electron chi connectivity index (χ2n) is 5.17. The zero-order valence-electron chi connectivity index (χ0n) is 12.0. The number of thiazole rings is 1. The Balaban J connectivity index is 1.94. The van der Waals surface area contributed by atoms with Crippen LogP contribution in [0.25, 0.3) is 10.9 Å². The van der Waals surface area contributed by atoms with Crippen LogP contribution in [-0.4, -0.2) is 16.7 Å². The molecule has 2 aromatic heterocycles. The lowest BCUT2D eigenvalue weighted by atomic mass is 10.2. The van der Waals surface area contributed by atoms with Crippen molar-refractivity contribution in [3.05, 3.63) is 46.5 Å². The van der Waals surface area contributed by atoms with Gasteiger partial charge in [0.2, 0.25) is 0 Å². The molecule has 20 heavy (non-hydrogen) atoms. The van der Waals surface area contributed by atoms with E-state index in [9.17, 15) is 0 Å². The lowest BCUT2D eigenvalue weighted by Crippen LogP contribution is -1.99. The summed E-state index contributed by atoms with van der Waals surface area (Å²) in [6.07, 6.45) is 2.10. The first-order valence-electron chi connectivity index (χ1n) is 6.75. The molecule has 1 aromatic carbocycles. The number of methoxy groups -OCH3 is 1. The van der Waals surface area contributed by atoms with Crippen molar-refractivity contribution >= 4 is 22.2 Å². The molecule has 0 aliphatic carbocycles. The van der Waals surface area contributed by atoms with E-state index in [0.29, 0.717) is 5.92 Å². The minimum absolute atomic E-state index is 0.496. The maximum absolute atomic E-state index is 5.40. The lowest BCUT2D eigenvalue weighted by Gasteiger charge is -2.05. The number of hydrogen-bond acceptors (Lipinski definition) is 3. The van der Waals surface area contributed by atoms with Crippen LogP contribution >= 0.6 is 11.3 Å². The van der Waals surface area contributed by atoms with E-state index in [1.807, 2.05) is 12.1 Å². The predicted octanol–water partition coefficient (Wildman–Crippen LogP) is 4.28. The Bertz CT molecular complexity index is 727. The summed E-state index contributed by atoms with van der Waals surface area (Å²) in [5.41, 5.74) is 2.31. The fourth-order valence-electron chi connectivity index (χ4n) is 2.35. The highest BCUT2D eigenvalue weighted by Crippen LogP contribution is 2.27. The van der Waals surface area contributed by atoms with Crippen molar-refractivity contribution in [1.29, 1.82) is 0 Å². The molecule has 0 saturated heterocycles. The van der Waals surface area contributed by atoms with Gasteiger partial charge in [0.25, 0.3) is 0 Å². The van der Waals surface area contributed by atoms with Gasteiger partial charge in [0.1, 0.15) is 5.75 Å². The molecule has 0 N–H and O–H groups in total. The van der Waals surface area contributed by atoms with Crippen LogP contribution in [-0.2, 0) is 6.54 Å². The Labute approximate surface area is 122 Å². The van der Waals surface area contributed by atoms with Gasteiger partial charge in [-0.15, -0.1) is 11.3 Å². The molecule has 104 valence electrons. The standard InChI is InChI=1S/C16H18N2OS/c1-11(2)16-17-12(10-20-16)9-18-8-7-13-14(18)5-4-6-15(13)19-3/h4-8,10-11H,9H2,1-3H3. The van der Waals surface area contributed by atoms with Crippen LogP contribution in [0.3, 0.4) is 0 Å². The lowest BCUT2D eigenvalue weighted by molar-refractivity contribution is 0.420. The number of benzene rings is 1. The van der Waals surface area contributed by atoms with Gasteiger partial charge >= 0.3 is 0 Å². The molecule has 3 aromatic rings. The number of rotatable bonds is 4. The van der Waals surface area contributed by atoms with Gasteiger partial charge in [0.05, 0.1) is 29.9 Å². The zero-order chi connectivity index (χ0) is 14.1. The van der Waals surface area contributed by atoms with Gasteiger partial charge < -0.3 is 9.30 Å². The Kier molecular flexibility index (Phi) is 3.49. The number of nitrogens with zero attached hydrogens (tertiary/aromatic N) is 2. The highest BCUT2D eigenvalue weighted by Gasteiger charge is 2.09. The third-order valence-electron chi connectivity index (χ3n) is 3.39. The molecule has 4 heteroatoms. The minimum Gasteiger partial charge on any atom is -0.496 e.